The van der Waals surface area contributed by atoms with E-state index in [0.29, 0.717) is 5.82 Å². The lowest BCUT2D eigenvalue weighted by atomic mass is 10.2. The van der Waals surface area contributed by atoms with Crippen LogP contribution in [0.3, 0.4) is 0 Å². The monoisotopic (exact) mass is 291 g/mol. The fourth-order valence-electron chi connectivity index (χ4n) is 3.38. The number of nitrogens with two attached hydrogens (primary N) is 1. The van der Waals surface area contributed by atoms with Gasteiger partial charge in [0.25, 0.3) is 5.69 Å². The van der Waals surface area contributed by atoms with E-state index >= 15 is 0 Å². The second-order valence-corrected chi connectivity index (χ2v) is 5.83. The molecule has 1 aromatic heterocycles. The highest BCUT2D eigenvalue weighted by Crippen LogP contribution is 2.26. The zero-order chi connectivity index (χ0) is 14.8. The molecule has 0 amide bonds. The van der Waals surface area contributed by atoms with E-state index in [1.54, 1.807) is 0 Å². The molecule has 2 aliphatic rings. The molecule has 0 bridgehead atoms. The summed E-state index contributed by atoms with van der Waals surface area (Å²) in [4.78, 5) is 19.4. The van der Waals surface area contributed by atoms with E-state index in [4.69, 9.17) is 5.73 Å². The molecule has 114 valence electrons. The maximum absolute atomic E-state index is 10.9. The molecule has 3 rings (SSSR count). The maximum atomic E-state index is 10.9. The normalized spacial score (nSPS) is 20.9. The number of hydrogen-bond acceptors (Lipinski definition) is 6. The third-order valence-corrected chi connectivity index (χ3v) is 4.51. The van der Waals surface area contributed by atoms with Crippen molar-refractivity contribution in [3.63, 3.8) is 0 Å². The van der Waals surface area contributed by atoms with E-state index in [1.807, 2.05) is 0 Å². The second kappa shape index (κ2) is 5.85. The highest BCUT2D eigenvalue weighted by atomic mass is 16.6. The molecule has 2 fully saturated rings. The maximum Gasteiger partial charge on any atom is 0.276 e. The van der Waals surface area contributed by atoms with E-state index in [9.17, 15) is 10.1 Å². The molecule has 1 aliphatic carbocycles. The molecule has 1 saturated heterocycles. The Hall–Kier alpha value is -1.89. The summed E-state index contributed by atoms with van der Waals surface area (Å²) in [6, 6.07) is 3.55. The Labute approximate surface area is 123 Å². The molecule has 0 spiro atoms. The molecular formula is C14H21N5O2. The number of anilines is 2. The summed E-state index contributed by atoms with van der Waals surface area (Å²) < 4.78 is 0. The van der Waals surface area contributed by atoms with Crippen LogP contribution in [-0.4, -0.2) is 47.0 Å². The van der Waals surface area contributed by atoms with Crippen molar-refractivity contribution in [1.29, 1.82) is 0 Å². The lowest BCUT2D eigenvalue weighted by molar-refractivity contribution is -0.384. The summed E-state index contributed by atoms with van der Waals surface area (Å²) >= 11 is 0. The van der Waals surface area contributed by atoms with E-state index in [2.05, 4.69) is 14.8 Å². The van der Waals surface area contributed by atoms with Gasteiger partial charge in [-0.2, -0.15) is 0 Å². The molecule has 2 N–H and O–H groups in total. The van der Waals surface area contributed by atoms with Gasteiger partial charge in [0.15, 0.2) is 0 Å². The van der Waals surface area contributed by atoms with Crippen molar-refractivity contribution in [2.24, 2.45) is 0 Å². The number of nitrogens with zero attached hydrogens (tertiary/aromatic N) is 4. The first-order chi connectivity index (χ1) is 10.1. The largest absolute Gasteiger partial charge is 0.383 e. The van der Waals surface area contributed by atoms with Crippen molar-refractivity contribution < 1.29 is 4.92 Å². The van der Waals surface area contributed by atoms with Crippen LogP contribution in [-0.2, 0) is 0 Å². The Kier molecular flexibility index (Phi) is 3.92. The zero-order valence-corrected chi connectivity index (χ0v) is 12.1. The van der Waals surface area contributed by atoms with E-state index in [-0.39, 0.29) is 11.5 Å². The Morgan fingerprint density at radius 3 is 2.48 bits per heavy atom. The van der Waals surface area contributed by atoms with Crippen LogP contribution in [0.4, 0.5) is 17.3 Å². The summed E-state index contributed by atoms with van der Waals surface area (Å²) in [5.41, 5.74) is 5.69. The van der Waals surface area contributed by atoms with Gasteiger partial charge in [0.05, 0.1) is 17.1 Å². The van der Waals surface area contributed by atoms with Crippen LogP contribution in [0.15, 0.2) is 12.1 Å². The molecule has 1 saturated carbocycles. The summed E-state index contributed by atoms with van der Waals surface area (Å²) in [6.07, 6.45) is 5.30. The van der Waals surface area contributed by atoms with Crippen LogP contribution in [0.5, 0.6) is 0 Å². The fourth-order valence-corrected chi connectivity index (χ4v) is 3.38. The van der Waals surface area contributed by atoms with Crippen molar-refractivity contribution >= 4 is 17.3 Å². The van der Waals surface area contributed by atoms with Gasteiger partial charge in [0, 0.05) is 32.2 Å². The summed E-state index contributed by atoms with van der Waals surface area (Å²) in [5.74, 6) is 0.824. The van der Waals surface area contributed by atoms with E-state index < -0.39 is 4.92 Å². The summed E-state index contributed by atoms with van der Waals surface area (Å²) in [7, 11) is 0. The van der Waals surface area contributed by atoms with Crippen molar-refractivity contribution in [3.05, 3.63) is 22.2 Å². The molecule has 0 atom stereocenters. The number of piperazine rings is 1. The van der Waals surface area contributed by atoms with Gasteiger partial charge in [0.1, 0.15) is 11.6 Å². The third kappa shape index (κ3) is 3.07. The predicted molar refractivity (Wildman–Crippen MR) is 81.3 cm³/mol. The standard InChI is InChI=1S/C14H21N5O2/c15-13-9-12(19(20)21)10-14(16-13)18-7-5-17(6-8-18)11-3-1-2-4-11/h9-11H,1-8H2,(H2,15,16). The fraction of sp³-hybridized carbons (Fsp3) is 0.643. The second-order valence-electron chi connectivity index (χ2n) is 5.83. The Bertz CT molecular complexity index is 522. The van der Waals surface area contributed by atoms with Crippen LogP contribution in [0, 0.1) is 10.1 Å². The topological polar surface area (TPSA) is 88.5 Å². The lowest BCUT2D eigenvalue weighted by Crippen LogP contribution is -2.50. The van der Waals surface area contributed by atoms with Crippen molar-refractivity contribution in [1.82, 2.24) is 9.88 Å². The van der Waals surface area contributed by atoms with Crippen molar-refractivity contribution in [3.8, 4) is 0 Å². The minimum atomic E-state index is -0.420. The smallest absolute Gasteiger partial charge is 0.276 e. The lowest BCUT2D eigenvalue weighted by Gasteiger charge is -2.38. The molecule has 0 aromatic carbocycles. The number of rotatable bonds is 3. The molecule has 7 heteroatoms. The molecule has 0 unspecified atom stereocenters. The molecule has 2 heterocycles. The van der Waals surface area contributed by atoms with Crippen molar-refractivity contribution in [2.45, 2.75) is 31.7 Å². The number of hydrogen-bond donors (Lipinski definition) is 1. The minimum Gasteiger partial charge on any atom is -0.383 e. The molecule has 21 heavy (non-hydrogen) atoms. The van der Waals surface area contributed by atoms with E-state index in [0.717, 1.165) is 32.2 Å². The Balaban J connectivity index is 1.67. The van der Waals surface area contributed by atoms with Gasteiger partial charge in [-0.15, -0.1) is 0 Å². The highest BCUT2D eigenvalue weighted by Gasteiger charge is 2.27. The van der Waals surface area contributed by atoms with Crippen LogP contribution in [0.1, 0.15) is 25.7 Å². The van der Waals surface area contributed by atoms with Crippen LogP contribution in [0.2, 0.25) is 0 Å². The quantitative estimate of drug-likeness (QED) is 0.672. The number of pyridine rings is 1. The zero-order valence-electron chi connectivity index (χ0n) is 12.1. The van der Waals surface area contributed by atoms with E-state index in [1.165, 1.54) is 37.8 Å². The number of aromatic nitrogens is 1. The SMILES string of the molecule is Nc1cc([N+](=O)[O-])cc(N2CCN(C3CCCC3)CC2)n1. The summed E-state index contributed by atoms with van der Waals surface area (Å²) in [6.45, 7) is 3.69. The van der Waals surface area contributed by atoms with Gasteiger partial charge >= 0.3 is 0 Å². The molecular weight excluding hydrogens is 270 g/mol. The van der Waals surface area contributed by atoms with Crippen LogP contribution >= 0.6 is 0 Å². The van der Waals surface area contributed by atoms with Gasteiger partial charge in [0.2, 0.25) is 0 Å². The number of nitro groups is 1. The van der Waals surface area contributed by atoms with Crippen LogP contribution in [0.25, 0.3) is 0 Å². The first-order valence-corrected chi connectivity index (χ1v) is 7.54. The molecule has 1 aliphatic heterocycles. The van der Waals surface area contributed by atoms with Gasteiger partial charge in [-0.1, -0.05) is 12.8 Å². The van der Waals surface area contributed by atoms with Gasteiger partial charge in [-0.3, -0.25) is 15.0 Å². The number of nitrogen functional groups attached to an aromatic ring is 1. The molecule has 1 aromatic rings. The Morgan fingerprint density at radius 1 is 1.19 bits per heavy atom. The van der Waals surface area contributed by atoms with Gasteiger partial charge in [-0.25, -0.2) is 4.98 Å². The molecule has 7 nitrogen and oxygen atoms in total. The minimum absolute atomic E-state index is 0.00993. The van der Waals surface area contributed by atoms with Crippen molar-refractivity contribution in [2.75, 3.05) is 36.8 Å². The average Bonchev–Trinajstić information content (AvgIpc) is 3.01. The Morgan fingerprint density at radius 2 is 1.86 bits per heavy atom. The first kappa shape index (κ1) is 14.1. The highest BCUT2D eigenvalue weighted by molar-refractivity contribution is 5.54. The first-order valence-electron chi connectivity index (χ1n) is 7.54. The molecule has 0 radical (unpaired) electrons. The van der Waals surface area contributed by atoms with Crippen LogP contribution < -0.4 is 10.6 Å². The average molecular weight is 291 g/mol. The summed E-state index contributed by atoms with van der Waals surface area (Å²) in [5, 5.41) is 10.9. The predicted octanol–water partition coefficient (Wildman–Crippen LogP) is 1.64. The van der Waals surface area contributed by atoms with Gasteiger partial charge < -0.3 is 10.6 Å². The van der Waals surface area contributed by atoms with Gasteiger partial charge in [-0.05, 0) is 12.8 Å². The third-order valence-electron chi connectivity index (χ3n) is 4.51.